The van der Waals surface area contributed by atoms with E-state index in [-0.39, 0.29) is 0 Å². The molecule has 0 atom stereocenters. The molecule has 0 saturated heterocycles. The third-order valence-electron chi connectivity index (χ3n) is 0.776. The first kappa shape index (κ1) is 11.4. The number of unbranched alkanes of at least 4 members (excludes halogenated alkanes) is 2. The molecule has 0 bridgehead atoms. The Bertz CT molecular complexity index is 48.3. The smallest absolute Gasteiger partial charge is 0.119 e. The minimum Gasteiger partial charge on any atom is -0.400 e. The van der Waals surface area contributed by atoms with Crippen LogP contribution in [0.25, 0.3) is 0 Å². The highest BCUT2D eigenvalue weighted by molar-refractivity contribution is 5.48. The number of aliphatic hydroxyl groups excluding tert-OH is 1. The first-order valence-electron chi connectivity index (χ1n) is 3.00. The first-order valence-corrected chi connectivity index (χ1v) is 3.00. The minimum atomic E-state index is 0.664. The van der Waals surface area contributed by atoms with Crippen LogP contribution in [0.1, 0.15) is 19.3 Å². The molecule has 0 aromatic heterocycles. The fourth-order valence-electron chi connectivity index (χ4n) is 0.372. The quantitative estimate of drug-likeness (QED) is 0.416. The fraction of sp³-hybridized carbons (Fsp3) is 0.833. The average Bonchev–Trinajstić information content (AvgIpc) is 1.94. The van der Waals surface area contributed by atoms with E-state index in [1.165, 1.54) is 0 Å². The van der Waals surface area contributed by atoms with Gasteiger partial charge in [-0.05, 0) is 19.4 Å². The van der Waals surface area contributed by atoms with E-state index in [9.17, 15) is 4.79 Å². The molecule has 0 fully saturated rings. The number of nitrogens with two attached hydrogens (primary N) is 1. The lowest BCUT2D eigenvalue weighted by atomic mass is 10.2. The van der Waals surface area contributed by atoms with E-state index in [1.807, 2.05) is 0 Å². The van der Waals surface area contributed by atoms with Crippen molar-refractivity contribution in [2.24, 2.45) is 5.73 Å². The third kappa shape index (κ3) is 18.4. The summed E-state index contributed by atoms with van der Waals surface area (Å²) in [6.45, 7) is 0.702. The monoisotopic (exact) mass is 133 g/mol. The zero-order valence-corrected chi connectivity index (χ0v) is 5.84. The van der Waals surface area contributed by atoms with Gasteiger partial charge in [-0.1, -0.05) is 0 Å². The average molecular weight is 133 g/mol. The molecule has 0 aliphatic heterocycles. The Morgan fingerprint density at radius 2 is 2.00 bits per heavy atom. The summed E-state index contributed by atoms with van der Waals surface area (Å²) in [7, 11) is 1.00. The van der Waals surface area contributed by atoms with Gasteiger partial charge in [0.25, 0.3) is 0 Å². The maximum atomic E-state index is 9.64. The molecule has 0 heterocycles. The molecule has 0 amide bonds. The lowest BCUT2D eigenvalue weighted by molar-refractivity contribution is -0.107. The van der Waals surface area contributed by atoms with Crippen molar-refractivity contribution in [2.75, 3.05) is 13.7 Å². The van der Waals surface area contributed by atoms with Gasteiger partial charge in [0.15, 0.2) is 0 Å². The Morgan fingerprint density at radius 3 is 2.33 bits per heavy atom. The normalized spacial score (nSPS) is 7.44. The van der Waals surface area contributed by atoms with Gasteiger partial charge in [-0.2, -0.15) is 0 Å². The zero-order chi connectivity index (χ0) is 7.54. The van der Waals surface area contributed by atoms with Crippen LogP contribution < -0.4 is 5.73 Å². The summed E-state index contributed by atoms with van der Waals surface area (Å²) in [5.74, 6) is 0. The summed E-state index contributed by atoms with van der Waals surface area (Å²) in [6.07, 6.45) is 3.51. The van der Waals surface area contributed by atoms with Crippen molar-refractivity contribution in [3.05, 3.63) is 0 Å². The van der Waals surface area contributed by atoms with Gasteiger partial charge in [-0.15, -0.1) is 0 Å². The van der Waals surface area contributed by atoms with E-state index in [1.54, 1.807) is 0 Å². The lowest BCUT2D eigenvalue weighted by Gasteiger charge is -1.86. The van der Waals surface area contributed by atoms with Crippen LogP contribution in [0.2, 0.25) is 0 Å². The van der Waals surface area contributed by atoms with Gasteiger partial charge in [-0.3, -0.25) is 0 Å². The summed E-state index contributed by atoms with van der Waals surface area (Å²) >= 11 is 0. The number of hydrogen-bond donors (Lipinski definition) is 2. The number of carbonyl (C=O) groups excluding carboxylic acids is 1. The highest BCUT2D eigenvalue weighted by Crippen LogP contribution is 1.87. The number of hydrogen-bond acceptors (Lipinski definition) is 3. The molecule has 0 rings (SSSR count). The molecule has 3 nitrogen and oxygen atoms in total. The molecule has 0 unspecified atom stereocenters. The maximum Gasteiger partial charge on any atom is 0.119 e. The maximum absolute atomic E-state index is 9.64. The first-order chi connectivity index (χ1) is 4.41. The van der Waals surface area contributed by atoms with E-state index < -0.39 is 0 Å². The van der Waals surface area contributed by atoms with E-state index in [4.69, 9.17) is 10.8 Å². The SMILES string of the molecule is CO.NCCCCC=O. The van der Waals surface area contributed by atoms with Crippen molar-refractivity contribution >= 4 is 6.29 Å². The molecule has 56 valence electrons. The molecule has 0 aliphatic carbocycles. The topological polar surface area (TPSA) is 63.3 Å². The molecule has 9 heavy (non-hydrogen) atoms. The summed E-state index contributed by atoms with van der Waals surface area (Å²) in [5.41, 5.74) is 5.15. The van der Waals surface area contributed by atoms with Gasteiger partial charge in [0.1, 0.15) is 6.29 Å². The van der Waals surface area contributed by atoms with Gasteiger partial charge in [0.2, 0.25) is 0 Å². The van der Waals surface area contributed by atoms with Crippen LogP contribution in [-0.4, -0.2) is 25.0 Å². The van der Waals surface area contributed by atoms with Gasteiger partial charge in [0, 0.05) is 13.5 Å². The van der Waals surface area contributed by atoms with Crippen molar-refractivity contribution < 1.29 is 9.90 Å². The second kappa shape index (κ2) is 15.6. The zero-order valence-electron chi connectivity index (χ0n) is 5.84. The van der Waals surface area contributed by atoms with Gasteiger partial charge in [0.05, 0.1) is 0 Å². The van der Waals surface area contributed by atoms with Gasteiger partial charge in [-0.25, -0.2) is 0 Å². The van der Waals surface area contributed by atoms with Crippen molar-refractivity contribution in [2.45, 2.75) is 19.3 Å². The Hall–Kier alpha value is -0.410. The molecule has 0 aromatic carbocycles. The summed E-state index contributed by atoms with van der Waals surface area (Å²) < 4.78 is 0. The molecule has 0 spiro atoms. The number of rotatable bonds is 4. The van der Waals surface area contributed by atoms with Crippen LogP contribution in [0.4, 0.5) is 0 Å². The Kier molecular flexibility index (Phi) is 19.8. The van der Waals surface area contributed by atoms with Crippen molar-refractivity contribution in [3.8, 4) is 0 Å². The van der Waals surface area contributed by atoms with Crippen LogP contribution in [0.3, 0.4) is 0 Å². The third-order valence-corrected chi connectivity index (χ3v) is 0.776. The van der Waals surface area contributed by atoms with Crippen LogP contribution in [0.15, 0.2) is 0 Å². The second-order valence-electron chi connectivity index (χ2n) is 1.45. The highest BCUT2D eigenvalue weighted by atomic mass is 16.2. The minimum absolute atomic E-state index is 0.664. The molecular formula is C6H15NO2. The Labute approximate surface area is 55.9 Å². The summed E-state index contributed by atoms with van der Waals surface area (Å²) in [5, 5.41) is 7.00. The summed E-state index contributed by atoms with van der Waals surface area (Å²) in [6, 6.07) is 0. The van der Waals surface area contributed by atoms with E-state index in [0.29, 0.717) is 13.0 Å². The van der Waals surface area contributed by atoms with Crippen molar-refractivity contribution in [1.29, 1.82) is 0 Å². The predicted molar refractivity (Wildman–Crippen MR) is 37.1 cm³/mol. The Morgan fingerprint density at radius 1 is 1.44 bits per heavy atom. The molecule has 3 N–H and O–H groups in total. The number of carbonyl (C=O) groups is 1. The van der Waals surface area contributed by atoms with Crippen LogP contribution >= 0.6 is 0 Å². The fourth-order valence-corrected chi connectivity index (χ4v) is 0.372. The molecule has 0 radical (unpaired) electrons. The lowest BCUT2D eigenvalue weighted by Crippen LogP contribution is -1.97. The van der Waals surface area contributed by atoms with Crippen LogP contribution in [0, 0.1) is 0 Å². The van der Waals surface area contributed by atoms with Crippen molar-refractivity contribution in [3.63, 3.8) is 0 Å². The van der Waals surface area contributed by atoms with E-state index in [2.05, 4.69) is 0 Å². The molecule has 3 heteroatoms. The standard InChI is InChI=1S/C5H11NO.CH4O/c6-4-2-1-3-5-7;1-2/h5H,1-4,6H2;2H,1H3. The van der Waals surface area contributed by atoms with E-state index in [0.717, 1.165) is 26.2 Å². The predicted octanol–water partition coefficient (Wildman–Crippen LogP) is -0.0772. The van der Waals surface area contributed by atoms with Crippen LogP contribution in [0.5, 0.6) is 0 Å². The molecule has 0 saturated carbocycles. The second-order valence-corrected chi connectivity index (χ2v) is 1.45. The Balaban J connectivity index is 0. The summed E-state index contributed by atoms with van der Waals surface area (Å²) in [4.78, 5) is 9.64. The largest absolute Gasteiger partial charge is 0.400 e. The van der Waals surface area contributed by atoms with Crippen molar-refractivity contribution in [1.82, 2.24) is 0 Å². The number of aldehydes is 1. The van der Waals surface area contributed by atoms with E-state index >= 15 is 0 Å². The van der Waals surface area contributed by atoms with Crippen LogP contribution in [-0.2, 0) is 4.79 Å². The molecule has 0 aliphatic rings. The molecule has 0 aromatic rings. The van der Waals surface area contributed by atoms with Gasteiger partial charge < -0.3 is 15.6 Å². The number of aliphatic hydroxyl groups is 1. The van der Waals surface area contributed by atoms with Gasteiger partial charge >= 0.3 is 0 Å². The highest BCUT2D eigenvalue weighted by Gasteiger charge is 1.80. The molecular weight excluding hydrogens is 118 g/mol.